The normalized spacial score (nSPS) is 16.1. The molecular formula is C40H37ClN2O4. The van der Waals surface area contributed by atoms with Crippen LogP contribution in [0, 0.1) is 6.92 Å². The molecule has 1 spiro atoms. The van der Waals surface area contributed by atoms with Crippen LogP contribution >= 0.6 is 11.6 Å². The van der Waals surface area contributed by atoms with Crippen molar-refractivity contribution in [2.24, 2.45) is 0 Å². The van der Waals surface area contributed by atoms with Gasteiger partial charge in [0, 0.05) is 39.7 Å². The van der Waals surface area contributed by atoms with Crippen LogP contribution in [0.4, 0.5) is 22.7 Å². The fourth-order valence-electron chi connectivity index (χ4n) is 6.65. The van der Waals surface area contributed by atoms with Gasteiger partial charge in [0.2, 0.25) is 0 Å². The van der Waals surface area contributed by atoms with E-state index < -0.39 is 5.60 Å². The van der Waals surface area contributed by atoms with E-state index in [-0.39, 0.29) is 11.5 Å². The third kappa shape index (κ3) is 5.17. The Morgan fingerprint density at radius 2 is 1.55 bits per heavy atom. The largest absolute Gasteiger partial charge is 0.491 e. The highest BCUT2D eigenvalue weighted by molar-refractivity contribution is 6.33. The lowest BCUT2D eigenvalue weighted by molar-refractivity contribution is 0.0224. The smallest absolute Gasteiger partial charge is 0.340 e. The van der Waals surface area contributed by atoms with Gasteiger partial charge < -0.3 is 24.4 Å². The molecule has 0 aliphatic carbocycles. The summed E-state index contributed by atoms with van der Waals surface area (Å²) in [6.45, 7) is 11.3. The van der Waals surface area contributed by atoms with E-state index >= 15 is 0 Å². The number of ether oxygens (including phenoxy) is 3. The van der Waals surface area contributed by atoms with E-state index in [2.05, 4.69) is 50.0 Å². The summed E-state index contributed by atoms with van der Waals surface area (Å²) in [5, 5.41) is 4.10. The summed E-state index contributed by atoms with van der Waals surface area (Å²) in [6, 6.07) is 33.5. The number of benzene rings is 5. The number of hydrogen-bond acceptors (Lipinski definition) is 6. The molecule has 0 saturated carbocycles. The molecule has 5 aromatic carbocycles. The maximum atomic E-state index is 13.5. The van der Waals surface area contributed by atoms with Gasteiger partial charge in [-0.3, -0.25) is 0 Å². The topological polar surface area (TPSA) is 60.0 Å². The first-order valence-electron chi connectivity index (χ1n) is 16.0. The van der Waals surface area contributed by atoms with Crippen molar-refractivity contribution in [1.29, 1.82) is 0 Å². The number of nitrogens with zero attached hydrogens (tertiary/aromatic N) is 1. The fourth-order valence-corrected chi connectivity index (χ4v) is 6.84. The number of nitrogens with one attached hydrogen (secondary N) is 1. The molecule has 5 aromatic rings. The van der Waals surface area contributed by atoms with Crippen molar-refractivity contribution >= 4 is 40.3 Å². The number of hydrogen-bond donors (Lipinski definition) is 1. The lowest BCUT2D eigenvalue weighted by Crippen LogP contribution is -2.38. The molecule has 7 rings (SSSR count). The van der Waals surface area contributed by atoms with E-state index in [1.54, 1.807) is 0 Å². The Hall–Kier alpha value is -4.94. The summed E-state index contributed by atoms with van der Waals surface area (Å²) >= 11 is 6.53. The molecule has 0 aromatic heterocycles. The maximum absolute atomic E-state index is 13.5. The standard InChI is InChI=1S/C40H37ClN2O4/c1-6-21-45-35-18-12-11-17-34(35)43(39(3,4)5)26-19-20-29-37(23-26)46-36-22-25(2)33(42-32-16-10-9-15-31(32)41)24-30(36)40(29)28-14-8-7-13-27(28)38(44)47-40/h7-20,22-24,42H,6,21H2,1-5H3. The number of halogens is 1. The molecule has 238 valence electrons. The van der Waals surface area contributed by atoms with Crippen LogP contribution in [0.15, 0.2) is 103 Å². The molecule has 47 heavy (non-hydrogen) atoms. The second-order valence-corrected chi connectivity index (χ2v) is 13.4. The van der Waals surface area contributed by atoms with Gasteiger partial charge in [0.05, 0.1) is 28.6 Å². The second kappa shape index (κ2) is 11.7. The summed E-state index contributed by atoms with van der Waals surface area (Å²) in [4.78, 5) is 15.8. The van der Waals surface area contributed by atoms with Gasteiger partial charge in [0.25, 0.3) is 0 Å². The number of aryl methyl sites for hydroxylation is 1. The number of esters is 1. The molecule has 1 atom stereocenters. The minimum atomic E-state index is -1.21. The first kappa shape index (κ1) is 30.7. The third-order valence-electron chi connectivity index (χ3n) is 8.68. The summed E-state index contributed by atoms with van der Waals surface area (Å²) in [5.74, 6) is 1.68. The number of anilines is 4. The Morgan fingerprint density at radius 1 is 0.830 bits per heavy atom. The van der Waals surface area contributed by atoms with Gasteiger partial charge >= 0.3 is 5.97 Å². The Labute approximate surface area is 280 Å². The fraction of sp³-hybridized carbons (Fsp3) is 0.225. The van der Waals surface area contributed by atoms with Crippen molar-refractivity contribution in [3.8, 4) is 17.2 Å². The van der Waals surface area contributed by atoms with Crippen LogP contribution in [0.5, 0.6) is 17.2 Å². The minimum Gasteiger partial charge on any atom is -0.491 e. The molecule has 2 aliphatic heterocycles. The van der Waals surface area contributed by atoms with Gasteiger partial charge in [0.15, 0.2) is 5.60 Å². The molecule has 2 aliphatic rings. The van der Waals surface area contributed by atoms with E-state index in [4.69, 9.17) is 25.8 Å². The van der Waals surface area contributed by atoms with E-state index in [1.807, 2.05) is 97.9 Å². The number of rotatable bonds is 7. The lowest BCUT2D eigenvalue weighted by Gasteiger charge is -2.41. The average molecular weight is 645 g/mol. The first-order chi connectivity index (χ1) is 22.6. The number of carbonyl (C=O) groups excluding carboxylic acids is 1. The summed E-state index contributed by atoms with van der Waals surface area (Å²) in [7, 11) is 0. The lowest BCUT2D eigenvalue weighted by atomic mass is 9.77. The zero-order valence-electron chi connectivity index (χ0n) is 27.2. The molecular weight excluding hydrogens is 608 g/mol. The number of carbonyl (C=O) groups is 1. The highest BCUT2D eigenvalue weighted by Crippen LogP contribution is 2.58. The van der Waals surface area contributed by atoms with Crippen LogP contribution in [-0.2, 0) is 10.3 Å². The Balaban J connectivity index is 1.42. The van der Waals surface area contributed by atoms with Gasteiger partial charge in [0.1, 0.15) is 17.2 Å². The number of fused-ring (bicyclic) bond motifs is 6. The second-order valence-electron chi connectivity index (χ2n) is 13.0. The van der Waals surface area contributed by atoms with Crippen LogP contribution in [0.25, 0.3) is 0 Å². The van der Waals surface area contributed by atoms with Crippen LogP contribution in [0.3, 0.4) is 0 Å². The molecule has 1 unspecified atom stereocenters. The molecule has 0 bridgehead atoms. The monoisotopic (exact) mass is 644 g/mol. The molecule has 0 radical (unpaired) electrons. The van der Waals surface area contributed by atoms with Crippen molar-refractivity contribution in [2.75, 3.05) is 16.8 Å². The van der Waals surface area contributed by atoms with Crippen molar-refractivity contribution in [3.63, 3.8) is 0 Å². The molecule has 1 N–H and O–H groups in total. The van der Waals surface area contributed by atoms with Crippen LogP contribution in [0.2, 0.25) is 5.02 Å². The van der Waals surface area contributed by atoms with Gasteiger partial charge in [-0.1, -0.05) is 61.0 Å². The molecule has 0 saturated heterocycles. The molecule has 7 heteroatoms. The predicted octanol–water partition coefficient (Wildman–Crippen LogP) is 10.7. The van der Waals surface area contributed by atoms with Gasteiger partial charge in [-0.05, 0) is 94.3 Å². The van der Waals surface area contributed by atoms with E-state index in [0.29, 0.717) is 28.7 Å². The SMILES string of the molecule is CCCOc1ccccc1N(c1ccc2c(c1)Oc1cc(C)c(Nc3ccccc3Cl)cc1C21OC(=O)c2ccccc21)C(C)(C)C. The maximum Gasteiger partial charge on any atom is 0.340 e. The first-order valence-corrected chi connectivity index (χ1v) is 16.3. The zero-order chi connectivity index (χ0) is 32.9. The van der Waals surface area contributed by atoms with Gasteiger partial charge in [-0.25, -0.2) is 4.79 Å². The summed E-state index contributed by atoms with van der Waals surface area (Å²) in [6.07, 6.45) is 0.910. The highest BCUT2D eigenvalue weighted by Gasteiger charge is 2.54. The summed E-state index contributed by atoms with van der Waals surface area (Å²) in [5.41, 5.74) is 5.74. The average Bonchev–Trinajstić information content (AvgIpc) is 3.34. The predicted molar refractivity (Wildman–Crippen MR) is 188 cm³/mol. The third-order valence-corrected chi connectivity index (χ3v) is 9.01. The Bertz CT molecular complexity index is 2020. The van der Waals surface area contributed by atoms with Crippen molar-refractivity contribution in [1.82, 2.24) is 0 Å². The molecule has 6 nitrogen and oxygen atoms in total. The van der Waals surface area contributed by atoms with Gasteiger partial charge in [-0.15, -0.1) is 0 Å². The van der Waals surface area contributed by atoms with E-state index in [9.17, 15) is 4.79 Å². The van der Waals surface area contributed by atoms with Crippen LogP contribution < -0.4 is 19.7 Å². The van der Waals surface area contributed by atoms with E-state index in [1.165, 1.54) is 0 Å². The minimum absolute atomic E-state index is 0.313. The highest BCUT2D eigenvalue weighted by atomic mass is 35.5. The van der Waals surface area contributed by atoms with Crippen LogP contribution in [0.1, 0.15) is 66.7 Å². The molecule has 0 amide bonds. The van der Waals surface area contributed by atoms with Crippen molar-refractivity contribution < 1.29 is 19.0 Å². The zero-order valence-corrected chi connectivity index (χ0v) is 27.9. The Morgan fingerprint density at radius 3 is 2.34 bits per heavy atom. The van der Waals surface area contributed by atoms with Crippen molar-refractivity contribution in [2.45, 2.75) is 52.2 Å². The van der Waals surface area contributed by atoms with Gasteiger partial charge in [-0.2, -0.15) is 0 Å². The number of para-hydroxylation sites is 3. The Kier molecular flexibility index (Phi) is 7.64. The van der Waals surface area contributed by atoms with Crippen molar-refractivity contribution in [3.05, 3.63) is 136 Å². The summed E-state index contributed by atoms with van der Waals surface area (Å²) < 4.78 is 19.4. The quantitative estimate of drug-likeness (QED) is 0.178. The molecule has 0 fully saturated rings. The van der Waals surface area contributed by atoms with E-state index in [0.717, 1.165) is 57.2 Å². The molecule has 2 heterocycles. The van der Waals surface area contributed by atoms with Crippen LogP contribution in [-0.4, -0.2) is 18.1 Å².